The molecule has 2 amide bonds. The molecule has 0 radical (unpaired) electrons. The molecule has 0 aromatic heterocycles. The molecule has 1 fully saturated rings. The standard InChI is InChI=1S/C24H30N2O5/c1-3-30-21-8-10-22(11-9-21)31-17-23(27)25-19-12-14-26(15-13-19)24(28)16-18-4-6-20(29-2)7-5-18/h4-11,19H,3,12-17H2,1-2H3,(H,25,27). The molecule has 1 N–H and O–H groups in total. The number of nitrogens with zero attached hydrogens (tertiary/aromatic N) is 1. The van der Waals surface area contributed by atoms with Crippen molar-refractivity contribution in [2.75, 3.05) is 33.4 Å². The van der Waals surface area contributed by atoms with Crippen LogP contribution in [0.3, 0.4) is 0 Å². The zero-order chi connectivity index (χ0) is 22.1. The van der Waals surface area contributed by atoms with E-state index >= 15 is 0 Å². The van der Waals surface area contributed by atoms with Crippen molar-refractivity contribution in [2.45, 2.75) is 32.2 Å². The lowest BCUT2D eigenvalue weighted by atomic mass is 10.0. The van der Waals surface area contributed by atoms with Crippen LogP contribution in [0.2, 0.25) is 0 Å². The zero-order valence-electron chi connectivity index (χ0n) is 18.1. The molecule has 2 aromatic carbocycles. The molecule has 3 rings (SSSR count). The van der Waals surface area contributed by atoms with Crippen LogP contribution < -0.4 is 19.5 Å². The molecule has 7 heteroatoms. The first-order valence-electron chi connectivity index (χ1n) is 10.6. The summed E-state index contributed by atoms with van der Waals surface area (Å²) in [7, 11) is 1.62. The average Bonchev–Trinajstić information content (AvgIpc) is 2.80. The highest BCUT2D eigenvalue weighted by Crippen LogP contribution is 2.18. The summed E-state index contributed by atoms with van der Waals surface area (Å²) in [6, 6.07) is 14.8. The molecule has 0 saturated carbocycles. The first-order chi connectivity index (χ1) is 15.1. The van der Waals surface area contributed by atoms with Gasteiger partial charge in [-0.25, -0.2) is 0 Å². The summed E-state index contributed by atoms with van der Waals surface area (Å²) < 4.78 is 16.1. The zero-order valence-corrected chi connectivity index (χ0v) is 18.1. The van der Waals surface area contributed by atoms with Gasteiger partial charge in [0.25, 0.3) is 5.91 Å². The molecule has 0 atom stereocenters. The Balaban J connectivity index is 1.36. The third-order valence-electron chi connectivity index (χ3n) is 5.23. The Morgan fingerprint density at radius 2 is 1.52 bits per heavy atom. The summed E-state index contributed by atoms with van der Waals surface area (Å²) in [4.78, 5) is 26.6. The van der Waals surface area contributed by atoms with E-state index in [4.69, 9.17) is 14.2 Å². The van der Waals surface area contributed by atoms with Gasteiger partial charge in [0.2, 0.25) is 5.91 Å². The molecule has 166 valence electrons. The summed E-state index contributed by atoms with van der Waals surface area (Å²) in [5, 5.41) is 3.00. The van der Waals surface area contributed by atoms with Crippen LogP contribution in [0.25, 0.3) is 0 Å². The van der Waals surface area contributed by atoms with Crippen molar-refractivity contribution in [3.63, 3.8) is 0 Å². The van der Waals surface area contributed by atoms with Crippen LogP contribution in [-0.2, 0) is 16.0 Å². The van der Waals surface area contributed by atoms with Gasteiger partial charge in [-0.1, -0.05) is 12.1 Å². The molecule has 1 heterocycles. The Labute approximate surface area is 183 Å². The van der Waals surface area contributed by atoms with Crippen molar-refractivity contribution in [1.29, 1.82) is 0 Å². The summed E-state index contributed by atoms with van der Waals surface area (Å²) >= 11 is 0. The number of likely N-dealkylation sites (tertiary alicyclic amines) is 1. The van der Waals surface area contributed by atoms with E-state index in [2.05, 4.69) is 5.32 Å². The highest BCUT2D eigenvalue weighted by molar-refractivity contribution is 5.79. The summed E-state index contributed by atoms with van der Waals surface area (Å²) in [5.74, 6) is 2.12. The monoisotopic (exact) mass is 426 g/mol. The molecular weight excluding hydrogens is 396 g/mol. The van der Waals surface area contributed by atoms with Gasteiger partial charge in [-0.15, -0.1) is 0 Å². The number of amides is 2. The van der Waals surface area contributed by atoms with E-state index in [1.807, 2.05) is 48.2 Å². The Kier molecular flexibility index (Phi) is 8.15. The Morgan fingerprint density at radius 3 is 2.10 bits per heavy atom. The predicted octanol–water partition coefficient (Wildman–Crippen LogP) is 2.82. The topological polar surface area (TPSA) is 77.1 Å². The second kappa shape index (κ2) is 11.2. The van der Waals surface area contributed by atoms with Crippen LogP contribution in [0.1, 0.15) is 25.3 Å². The van der Waals surface area contributed by atoms with E-state index in [0.29, 0.717) is 31.9 Å². The number of hydrogen-bond acceptors (Lipinski definition) is 5. The fourth-order valence-corrected chi connectivity index (χ4v) is 3.52. The second-order valence-corrected chi connectivity index (χ2v) is 7.44. The number of piperidine rings is 1. The maximum Gasteiger partial charge on any atom is 0.258 e. The average molecular weight is 427 g/mol. The number of hydrogen-bond donors (Lipinski definition) is 1. The smallest absolute Gasteiger partial charge is 0.258 e. The van der Waals surface area contributed by atoms with Crippen LogP contribution in [0.4, 0.5) is 0 Å². The Morgan fingerprint density at radius 1 is 0.935 bits per heavy atom. The minimum Gasteiger partial charge on any atom is -0.497 e. The third kappa shape index (κ3) is 6.91. The lowest BCUT2D eigenvalue weighted by Gasteiger charge is -2.32. The highest BCUT2D eigenvalue weighted by Gasteiger charge is 2.24. The van der Waals surface area contributed by atoms with Crippen molar-refractivity contribution >= 4 is 11.8 Å². The van der Waals surface area contributed by atoms with Crippen LogP contribution in [0, 0.1) is 0 Å². The molecule has 7 nitrogen and oxygen atoms in total. The fraction of sp³-hybridized carbons (Fsp3) is 0.417. The van der Waals surface area contributed by atoms with Gasteiger partial charge in [0.05, 0.1) is 20.1 Å². The van der Waals surface area contributed by atoms with Crippen LogP contribution >= 0.6 is 0 Å². The molecule has 0 unspecified atom stereocenters. The van der Waals surface area contributed by atoms with Gasteiger partial charge < -0.3 is 24.4 Å². The Hall–Kier alpha value is -3.22. The molecule has 1 saturated heterocycles. The van der Waals surface area contributed by atoms with Crippen LogP contribution in [0.15, 0.2) is 48.5 Å². The van der Waals surface area contributed by atoms with Gasteiger partial charge in [-0.3, -0.25) is 9.59 Å². The van der Waals surface area contributed by atoms with E-state index < -0.39 is 0 Å². The number of methoxy groups -OCH3 is 1. The number of benzene rings is 2. The van der Waals surface area contributed by atoms with E-state index in [1.165, 1.54) is 0 Å². The van der Waals surface area contributed by atoms with Gasteiger partial charge in [0.15, 0.2) is 6.61 Å². The van der Waals surface area contributed by atoms with E-state index in [-0.39, 0.29) is 24.5 Å². The summed E-state index contributed by atoms with van der Waals surface area (Å²) in [6.07, 6.45) is 1.85. The number of carbonyl (C=O) groups excluding carboxylic acids is 2. The van der Waals surface area contributed by atoms with E-state index in [0.717, 1.165) is 29.9 Å². The van der Waals surface area contributed by atoms with Gasteiger partial charge in [-0.2, -0.15) is 0 Å². The molecule has 31 heavy (non-hydrogen) atoms. The fourth-order valence-electron chi connectivity index (χ4n) is 3.52. The Bertz CT molecular complexity index is 843. The number of rotatable bonds is 9. The van der Waals surface area contributed by atoms with Crippen molar-refractivity contribution in [3.05, 3.63) is 54.1 Å². The van der Waals surface area contributed by atoms with Gasteiger partial charge in [-0.05, 0) is 61.7 Å². The first kappa shape index (κ1) is 22.5. The highest BCUT2D eigenvalue weighted by atomic mass is 16.5. The largest absolute Gasteiger partial charge is 0.497 e. The van der Waals surface area contributed by atoms with Crippen molar-refractivity contribution < 1.29 is 23.8 Å². The van der Waals surface area contributed by atoms with E-state index in [1.54, 1.807) is 19.2 Å². The SMILES string of the molecule is CCOc1ccc(OCC(=O)NC2CCN(C(=O)Cc3ccc(OC)cc3)CC2)cc1. The molecule has 1 aliphatic rings. The minimum atomic E-state index is -0.156. The van der Waals surface area contributed by atoms with Crippen molar-refractivity contribution in [2.24, 2.45) is 0 Å². The number of ether oxygens (including phenoxy) is 3. The maximum atomic E-state index is 12.6. The van der Waals surface area contributed by atoms with Gasteiger partial charge in [0.1, 0.15) is 17.2 Å². The van der Waals surface area contributed by atoms with Crippen LogP contribution in [-0.4, -0.2) is 56.2 Å². The molecular formula is C24H30N2O5. The summed E-state index contributed by atoms with van der Waals surface area (Å²) in [6.45, 7) is 3.77. The first-order valence-corrected chi connectivity index (χ1v) is 10.6. The quantitative estimate of drug-likeness (QED) is 0.667. The molecule has 0 aliphatic carbocycles. The van der Waals surface area contributed by atoms with Crippen LogP contribution in [0.5, 0.6) is 17.2 Å². The van der Waals surface area contributed by atoms with E-state index in [9.17, 15) is 9.59 Å². The van der Waals surface area contributed by atoms with Gasteiger partial charge in [0, 0.05) is 19.1 Å². The third-order valence-corrected chi connectivity index (χ3v) is 5.23. The maximum absolute atomic E-state index is 12.6. The molecule has 1 aliphatic heterocycles. The predicted molar refractivity (Wildman–Crippen MR) is 118 cm³/mol. The lowest BCUT2D eigenvalue weighted by Crippen LogP contribution is -2.47. The summed E-state index contributed by atoms with van der Waals surface area (Å²) in [5.41, 5.74) is 0.965. The normalized spacial score (nSPS) is 14.1. The minimum absolute atomic E-state index is 0.0371. The van der Waals surface area contributed by atoms with Crippen molar-refractivity contribution in [3.8, 4) is 17.2 Å². The molecule has 2 aromatic rings. The van der Waals surface area contributed by atoms with Crippen molar-refractivity contribution in [1.82, 2.24) is 10.2 Å². The lowest BCUT2D eigenvalue weighted by molar-refractivity contribution is -0.131. The number of carbonyl (C=O) groups is 2. The second-order valence-electron chi connectivity index (χ2n) is 7.44. The molecule has 0 bridgehead atoms. The number of nitrogens with one attached hydrogen (secondary N) is 1. The van der Waals surface area contributed by atoms with Gasteiger partial charge >= 0.3 is 0 Å². The molecule has 0 spiro atoms.